The van der Waals surface area contributed by atoms with Crippen LogP contribution >= 0.6 is 23.4 Å². The lowest BCUT2D eigenvalue weighted by Crippen LogP contribution is -2.19. The Bertz CT molecular complexity index is 683. The van der Waals surface area contributed by atoms with E-state index in [1.54, 1.807) is 6.07 Å². The number of aromatic nitrogens is 3. The fourth-order valence-electron chi connectivity index (χ4n) is 2.68. The highest BCUT2D eigenvalue weighted by atomic mass is 35.5. The van der Waals surface area contributed by atoms with Crippen LogP contribution < -0.4 is 10.6 Å². The van der Waals surface area contributed by atoms with Crippen molar-refractivity contribution in [2.75, 3.05) is 23.7 Å². The van der Waals surface area contributed by atoms with E-state index in [1.165, 1.54) is 30.2 Å². The lowest BCUT2D eigenvalue weighted by Gasteiger charge is -2.19. The summed E-state index contributed by atoms with van der Waals surface area (Å²) >= 11 is 7.47. The highest BCUT2D eigenvalue weighted by Crippen LogP contribution is 2.34. The summed E-state index contributed by atoms with van der Waals surface area (Å²) in [7, 11) is 0. The molecule has 3 rings (SSSR count). The SMILES string of the molecule is Cc1cc(C(C)Sc2nc(N)cc(Cl)n2)nc(N2CCCC2)c1. The van der Waals surface area contributed by atoms with Gasteiger partial charge in [-0.1, -0.05) is 23.4 Å². The van der Waals surface area contributed by atoms with Crippen LogP contribution in [0.3, 0.4) is 0 Å². The van der Waals surface area contributed by atoms with Crippen molar-refractivity contribution in [3.8, 4) is 0 Å². The quantitative estimate of drug-likeness (QED) is 0.513. The minimum atomic E-state index is 0.120. The molecule has 1 aliphatic heterocycles. The van der Waals surface area contributed by atoms with Gasteiger partial charge < -0.3 is 10.6 Å². The van der Waals surface area contributed by atoms with Crippen molar-refractivity contribution in [1.82, 2.24) is 15.0 Å². The van der Waals surface area contributed by atoms with Crippen molar-refractivity contribution in [3.05, 3.63) is 34.6 Å². The molecular weight excluding hydrogens is 330 g/mol. The van der Waals surface area contributed by atoms with Crippen LogP contribution in [-0.2, 0) is 0 Å². The summed E-state index contributed by atoms with van der Waals surface area (Å²) in [5.74, 6) is 1.45. The zero-order valence-corrected chi connectivity index (χ0v) is 14.9. The summed E-state index contributed by atoms with van der Waals surface area (Å²) in [6, 6.07) is 5.82. The highest BCUT2D eigenvalue weighted by Gasteiger charge is 2.18. The van der Waals surface area contributed by atoms with Gasteiger partial charge in [-0.3, -0.25) is 0 Å². The number of rotatable bonds is 4. The van der Waals surface area contributed by atoms with Gasteiger partial charge in [0.15, 0.2) is 5.16 Å². The van der Waals surface area contributed by atoms with Crippen molar-refractivity contribution >= 4 is 35.0 Å². The van der Waals surface area contributed by atoms with E-state index in [0.717, 1.165) is 24.6 Å². The van der Waals surface area contributed by atoms with E-state index in [1.807, 2.05) is 0 Å². The molecule has 1 saturated heterocycles. The van der Waals surface area contributed by atoms with Gasteiger partial charge in [-0.05, 0) is 44.4 Å². The molecule has 0 aromatic carbocycles. The minimum absolute atomic E-state index is 0.120. The summed E-state index contributed by atoms with van der Waals surface area (Å²) in [6.07, 6.45) is 2.48. The van der Waals surface area contributed by atoms with E-state index in [9.17, 15) is 0 Å². The molecule has 0 aliphatic carbocycles. The average Bonchev–Trinajstić information content (AvgIpc) is 2.99. The lowest BCUT2D eigenvalue weighted by molar-refractivity contribution is 0.898. The molecule has 1 unspecified atom stereocenters. The molecular formula is C16H20ClN5S. The molecule has 1 fully saturated rings. The minimum Gasteiger partial charge on any atom is -0.384 e. The first kappa shape index (κ1) is 16.3. The Hall–Kier alpha value is -1.53. The normalized spacial score (nSPS) is 15.9. The van der Waals surface area contributed by atoms with Crippen molar-refractivity contribution < 1.29 is 0 Å². The number of nitrogen functional groups attached to an aromatic ring is 1. The molecule has 2 aromatic rings. The molecule has 0 amide bonds. The van der Waals surface area contributed by atoms with Crippen LogP contribution in [-0.4, -0.2) is 28.0 Å². The van der Waals surface area contributed by atoms with Crippen molar-refractivity contribution in [1.29, 1.82) is 0 Å². The molecule has 2 aromatic heterocycles. The molecule has 122 valence electrons. The summed E-state index contributed by atoms with van der Waals surface area (Å²) in [5.41, 5.74) is 7.98. The summed E-state index contributed by atoms with van der Waals surface area (Å²) in [5, 5.41) is 1.06. The summed E-state index contributed by atoms with van der Waals surface area (Å²) in [4.78, 5) is 15.6. The third kappa shape index (κ3) is 4.06. The van der Waals surface area contributed by atoms with Gasteiger partial charge in [0.2, 0.25) is 0 Å². The smallest absolute Gasteiger partial charge is 0.191 e. The maximum absolute atomic E-state index is 5.95. The third-order valence-corrected chi connectivity index (χ3v) is 4.98. The van der Waals surface area contributed by atoms with Gasteiger partial charge in [0, 0.05) is 19.2 Å². The number of halogens is 1. The van der Waals surface area contributed by atoms with Crippen LogP contribution in [0, 0.1) is 6.92 Å². The first-order valence-electron chi connectivity index (χ1n) is 7.71. The second-order valence-electron chi connectivity index (χ2n) is 5.78. The van der Waals surface area contributed by atoms with E-state index < -0.39 is 0 Å². The second kappa shape index (κ2) is 6.93. The number of thioether (sulfide) groups is 1. The molecule has 5 nitrogen and oxygen atoms in total. The van der Waals surface area contributed by atoms with E-state index in [-0.39, 0.29) is 5.25 Å². The Morgan fingerprint density at radius 2 is 1.91 bits per heavy atom. The van der Waals surface area contributed by atoms with Crippen LogP contribution in [0.15, 0.2) is 23.4 Å². The molecule has 0 radical (unpaired) electrons. The van der Waals surface area contributed by atoms with E-state index in [4.69, 9.17) is 22.3 Å². The molecule has 0 saturated carbocycles. The Balaban J connectivity index is 1.82. The maximum Gasteiger partial charge on any atom is 0.191 e. The zero-order chi connectivity index (χ0) is 16.4. The van der Waals surface area contributed by atoms with Crippen LogP contribution in [0.2, 0.25) is 5.15 Å². The van der Waals surface area contributed by atoms with E-state index >= 15 is 0 Å². The number of nitrogens with two attached hydrogens (primary N) is 1. The van der Waals surface area contributed by atoms with Crippen LogP contribution in [0.1, 0.15) is 36.3 Å². The van der Waals surface area contributed by atoms with Gasteiger partial charge in [-0.2, -0.15) is 0 Å². The monoisotopic (exact) mass is 349 g/mol. The molecule has 2 N–H and O–H groups in total. The Labute approximate surface area is 145 Å². The Morgan fingerprint density at radius 1 is 1.17 bits per heavy atom. The molecule has 0 spiro atoms. The summed E-state index contributed by atoms with van der Waals surface area (Å²) in [6.45, 7) is 6.38. The predicted octanol–water partition coefficient (Wildman–Crippen LogP) is 3.87. The predicted molar refractivity (Wildman–Crippen MR) is 96.1 cm³/mol. The average molecular weight is 350 g/mol. The van der Waals surface area contributed by atoms with Crippen molar-refractivity contribution in [3.63, 3.8) is 0 Å². The number of hydrogen-bond donors (Lipinski definition) is 1. The first-order chi connectivity index (χ1) is 11.0. The second-order valence-corrected chi connectivity index (χ2v) is 7.48. The fraction of sp³-hybridized carbons (Fsp3) is 0.438. The number of pyridine rings is 1. The molecule has 3 heterocycles. The van der Waals surface area contributed by atoms with Crippen LogP contribution in [0.4, 0.5) is 11.6 Å². The Kier molecular flexibility index (Phi) is 4.92. The van der Waals surface area contributed by atoms with Gasteiger partial charge >= 0.3 is 0 Å². The largest absolute Gasteiger partial charge is 0.384 e. The van der Waals surface area contributed by atoms with Crippen LogP contribution in [0.25, 0.3) is 0 Å². The lowest BCUT2D eigenvalue weighted by atomic mass is 10.2. The van der Waals surface area contributed by atoms with Gasteiger partial charge in [0.25, 0.3) is 0 Å². The van der Waals surface area contributed by atoms with Crippen molar-refractivity contribution in [2.45, 2.75) is 37.1 Å². The van der Waals surface area contributed by atoms with E-state index in [2.05, 4.69) is 40.8 Å². The number of aryl methyl sites for hydroxylation is 1. The standard InChI is InChI=1S/C16H20ClN5S/c1-10-7-12(19-15(8-10)22-5-3-4-6-22)11(2)23-16-20-13(17)9-14(18)21-16/h7-9,11H,3-6H2,1-2H3,(H2,18,20,21). The van der Waals surface area contributed by atoms with Gasteiger partial charge in [0.05, 0.1) is 10.9 Å². The molecule has 1 aliphatic rings. The maximum atomic E-state index is 5.95. The Morgan fingerprint density at radius 3 is 2.61 bits per heavy atom. The first-order valence-corrected chi connectivity index (χ1v) is 8.97. The molecule has 23 heavy (non-hydrogen) atoms. The van der Waals surface area contributed by atoms with Gasteiger partial charge in [-0.25, -0.2) is 15.0 Å². The fourth-order valence-corrected chi connectivity index (χ4v) is 3.79. The number of hydrogen-bond acceptors (Lipinski definition) is 6. The van der Waals surface area contributed by atoms with Crippen molar-refractivity contribution in [2.24, 2.45) is 0 Å². The molecule has 7 heteroatoms. The number of nitrogens with zero attached hydrogens (tertiary/aromatic N) is 4. The van der Waals surface area contributed by atoms with Gasteiger partial charge in [-0.15, -0.1) is 0 Å². The zero-order valence-electron chi connectivity index (χ0n) is 13.3. The number of anilines is 2. The topological polar surface area (TPSA) is 67.9 Å². The van der Waals surface area contributed by atoms with E-state index in [0.29, 0.717) is 16.1 Å². The molecule has 1 atom stereocenters. The van der Waals surface area contributed by atoms with Gasteiger partial charge in [0.1, 0.15) is 16.8 Å². The highest BCUT2D eigenvalue weighted by molar-refractivity contribution is 7.99. The third-order valence-electron chi connectivity index (χ3n) is 3.80. The van der Waals surface area contributed by atoms with Crippen LogP contribution in [0.5, 0.6) is 0 Å². The summed E-state index contributed by atoms with van der Waals surface area (Å²) < 4.78 is 0. The molecule has 0 bridgehead atoms.